The molecule has 0 radical (unpaired) electrons. The largest absolute Gasteiger partial charge is 0.450 e. The first-order valence-electron chi connectivity index (χ1n) is 4.62. The van der Waals surface area contributed by atoms with Crippen LogP contribution in [0, 0.1) is 5.92 Å². The van der Waals surface area contributed by atoms with E-state index in [0.29, 0.717) is 6.61 Å². The molecule has 1 fully saturated rings. The average Bonchev–Trinajstić information content (AvgIpc) is 1.97. The zero-order chi connectivity index (χ0) is 8.97. The van der Waals surface area contributed by atoms with Crippen LogP contribution in [0.4, 0.5) is 4.79 Å². The van der Waals surface area contributed by atoms with Crippen LogP contribution in [0.25, 0.3) is 0 Å². The van der Waals surface area contributed by atoms with E-state index in [9.17, 15) is 4.79 Å². The Morgan fingerprint density at radius 2 is 2.25 bits per heavy atom. The van der Waals surface area contributed by atoms with Crippen molar-refractivity contribution >= 4 is 6.09 Å². The molecule has 1 saturated carbocycles. The predicted octanol–water partition coefficient (Wildman–Crippen LogP) is 1.87. The molecule has 1 aliphatic rings. The summed E-state index contributed by atoms with van der Waals surface area (Å²) in [5.74, 6) is 0.722. The third kappa shape index (κ3) is 2.40. The number of hydrogen-bond acceptors (Lipinski definition) is 2. The van der Waals surface area contributed by atoms with E-state index in [1.807, 2.05) is 6.92 Å². The molecule has 0 heterocycles. The molecule has 1 aliphatic carbocycles. The lowest BCUT2D eigenvalue weighted by Gasteiger charge is -2.29. The van der Waals surface area contributed by atoms with Crippen molar-refractivity contribution in [3.8, 4) is 0 Å². The summed E-state index contributed by atoms with van der Waals surface area (Å²) in [6.07, 6.45) is 3.67. The quantitative estimate of drug-likeness (QED) is 0.648. The van der Waals surface area contributed by atoms with Crippen LogP contribution in [0.5, 0.6) is 0 Å². The Kier molecular flexibility index (Phi) is 3.38. The minimum atomic E-state index is -0.190. The second-order valence-corrected chi connectivity index (χ2v) is 3.38. The van der Waals surface area contributed by atoms with Crippen LogP contribution in [0.1, 0.15) is 26.2 Å². The summed E-state index contributed by atoms with van der Waals surface area (Å²) in [6, 6.07) is 0. The van der Waals surface area contributed by atoms with E-state index < -0.39 is 0 Å². The highest BCUT2D eigenvalue weighted by molar-refractivity contribution is 5.67. The number of rotatable bonds is 3. The van der Waals surface area contributed by atoms with Gasteiger partial charge < -0.3 is 9.64 Å². The maximum atomic E-state index is 11.1. The molecule has 3 nitrogen and oxygen atoms in total. The van der Waals surface area contributed by atoms with E-state index in [0.717, 1.165) is 12.5 Å². The second kappa shape index (κ2) is 4.33. The molecule has 12 heavy (non-hydrogen) atoms. The summed E-state index contributed by atoms with van der Waals surface area (Å²) in [5, 5.41) is 0. The minimum absolute atomic E-state index is 0.190. The van der Waals surface area contributed by atoms with E-state index in [2.05, 4.69) is 0 Å². The van der Waals surface area contributed by atoms with Crippen molar-refractivity contribution in [2.24, 2.45) is 5.92 Å². The van der Waals surface area contributed by atoms with Gasteiger partial charge in [0.05, 0.1) is 6.61 Å². The number of carbonyl (C=O) groups excluding carboxylic acids is 1. The highest BCUT2D eigenvalue weighted by Gasteiger charge is 2.21. The summed E-state index contributed by atoms with van der Waals surface area (Å²) in [4.78, 5) is 12.8. The third-order valence-corrected chi connectivity index (χ3v) is 2.34. The number of carbonyl (C=O) groups is 1. The molecule has 0 aliphatic heterocycles. The lowest BCUT2D eigenvalue weighted by molar-refractivity contribution is 0.103. The Bertz CT molecular complexity index is 155. The third-order valence-electron chi connectivity index (χ3n) is 2.34. The molecule has 0 N–H and O–H groups in total. The molecular weight excluding hydrogens is 154 g/mol. The highest BCUT2D eigenvalue weighted by Crippen LogP contribution is 2.26. The molecule has 0 atom stereocenters. The van der Waals surface area contributed by atoms with Crippen molar-refractivity contribution < 1.29 is 9.53 Å². The van der Waals surface area contributed by atoms with Gasteiger partial charge in [0, 0.05) is 13.6 Å². The Hall–Kier alpha value is -0.730. The van der Waals surface area contributed by atoms with Crippen molar-refractivity contribution in [1.29, 1.82) is 0 Å². The Labute approximate surface area is 73.7 Å². The van der Waals surface area contributed by atoms with Crippen LogP contribution in [0.2, 0.25) is 0 Å². The van der Waals surface area contributed by atoms with Crippen LogP contribution < -0.4 is 0 Å². The molecule has 0 spiro atoms. The second-order valence-electron chi connectivity index (χ2n) is 3.38. The maximum Gasteiger partial charge on any atom is 0.409 e. The number of amides is 1. The van der Waals surface area contributed by atoms with Gasteiger partial charge in [0.15, 0.2) is 0 Å². The van der Waals surface area contributed by atoms with Gasteiger partial charge in [-0.15, -0.1) is 0 Å². The average molecular weight is 171 g/mol. The lowest BCUT2D eigenvalue weighted by atomic mass is 9.85. The molecule has 1 rings (SSSR count). The molecule has 1 amide bonds. The van der Waals surface area contributed by atoms with Crippen LogP contribution in [0.3, 0.4) is 0 Å². The van der Waals surface area contributed by atoms with Crippen LogP contribution in [-0.4, -0.2) is 31.2 Å². The fraction of sp³-hybridized carbons (Fsp3) is 0.889. The van der Waals surface area contributed by atoms with Gasteiger partial charge in [0.2, 0.25) is 0 Å². The van der Waals surface area contributed by atoms with Gasteiger partial charge in [-0.05, 0) is 25.7 Å². The number of nitrogens with zero attached hydrogens (tertiary/aromatic N) is 1. The Morgan fingerprint density at radius 3 is 2.67 bits per heavy atom. The summed E-state index contributed by atoms with van der Waals surface area (Å²) >= 11 is 0. The number of hydrogen-bond donors (Lipinski definition) is 0. The zero-order valence-corrected chi connectivity index (χ0v) is 7.88. The van der Waals surface area contributed by atoms with Gasteiger partial charge in [-0.3, -0.25) is 0 Å². The standard InChI is InChI=1S/C9H17NO2/c1-3-12-9(11)10(2)7-8-5-4-6-8/h8H,3-7H2,1-2H3. The first-order chi connectivity index (χ1) is 5.74. The maximum absolute atomic E-state index is 11.1. The molecule has 70 valence electrons. The van der Waals surface area contributed by atoms with Crippen molar-refractivity contribution in [2.75, 3.05) is 20.2 Å². The van der Waals surface area contributed by atoms with E-state index in [1.165, 1.54) is 19.3 Å². The molecule has 0 saturated heterocycles. The predicted molar refractivity (Wildman–Crippen MR) is 47.0 cm³/mol. The van der Waals surface area contributed by atoms with Crippen LogP contribution >= 0.6 is 0 Å². The van der Waals surface area contributed by atoms with E-state index in [1.54, 1.807) is 11.9 Å². The topological polar surface area (TPSA) is 29.5 Å². The fourth-order valence-corrected chi connectivity index (χ4v) is 1.37. The summed E-state index contributed by atoms with van der Waals surface area (Å²) in [5.41, 5.74) is 0. The van der Waals surface area contributed by atoms with Crippen molar-refractivity contribution in [3.05, 3.63) is 0 Å². The van der Waals surface area contributed by atoms with Gasteiger partial charge in [-0.25, -0.2) is 4.79 Å². The normalized spacial score (nSPS) is 16.8. The first kappa shape index (κ1) is 9.36. The van der Waals surface area contributed by atoms with Crippen molar-refractivity contribution in [3.63, 3.8) is 0 Å². The van der Waals surface area contributed by atoms with E-state index in [-0.39, 0.29) is 6.09 Å². The van der Waals surface area contributed by atoms with Crippen molar-refractivity contribution in [2.45, 2.75) is 26.2 Å². The summed E-state index contributed by atoms with van der Waals surface area (Å²) < 4.78 is 4.86. The van der Waals surface area contributed by atoms with Gasteiger partial charge >= 0.3 is 6.09 Å². The van der Waals surface area contributed by atoms with Gasteiger partial charge in [0.1, 0.15) is 0 Å². The monoisotopic (exact) mass is 171 g/mol. The molecule has 0 bridgehead atoms. The van der Waals surface area contributed by atoms with E-state index in [4.69, 9.17) is 4.74 Å². The van der Waals surface area contributed by atoms with Crippen molar-refractivity contribution in [1.82, 2.24) is 4.90 Å². The van der Waals surface area contributed by atoms with Gasteiger partial charge in [-0.1, -0.05) is 6.42 Å². The Balaban J connectivity index is 2.16. The molecule has 3 heteroatoms. The molecule has 0 aromatic heterocycles. The zero-order valence-electron chi connectivity index (χ0n) is 7.88. The summed E-state index contributed by atoms with van der Waals surface area (Å²) in [6.45, 7) is 3.15. The fourth-order valence-electron chi connectivity index (χ4n) is 1.37. The SMILES string of the molecule is CCOC(=O)N(C)CC1CCC1. The van der Waals surface area contributed by atoms with Gasteiger partial charge in [0.25, 0.3) is 0 Å². The van der Waals surface area contributed by atoms with Crippen LogP contribution in [-0.2, 0) is 4.74 Å². The van der Waals surface area contributed by atoms with Gasteiger partial charge in [-0.2, -0.15) is 0 Å². The smallest absolute Gasteiger partial charge is 0.409 e. The lowest BCUT2D eigenvalue weighted by Crippen LogP contribution is -2.34. The van der Waals surface area contributed by atoms with Crippen LogP contribution in [0.15, 0.2) is 0 Å². The molecular formula is C9H17NO2. The molecule has 0 aromatic rings. The Morgan fingerprint density at radius 1 is 1.58 bits per heavy atom. The molecule has 0 unspecified atom stereocenters. The minimum Gasteiger partial charge on any atom is -0.450 e. The summed E-state index contributed by atoms with van der Waals surface area (Å²) in [7, 11) is 1.80. The molecule has 0 aromatic carbocycles. The van der Waals surface area contributed by atoms with E-state index >= 15 is 0 Å². The number of ether oxygens (including phenoxy) is 1. The highest BCUT2D eigenvalue weighted by atomic mass is 16.5. The first-order valence-corrected chi connectivity index (χ1v) is 4.62.